The van der Waals surface area contributed by atoms with Crippen molar-refractivity contribution >= 4 is 0 Å². The van der Waals surface area contributed by atoms with Crippen molar-refractivity contribution in [2.45, 2.75) is 19.9 Å². The van der Waals surface area contributed by atoms with Crippen molar-refractivity contribution in [3.63, 3.8) is 0 Å². The van der Waals surface area contributed by atoms with E-state index in [1.54, 1.807) is 13.0 Å². The highest BCUT2D eigenvalue weighted by atomic mass is 19.1. The molecule has 0 saturated heterocycles. The second-order valence-corrected chi connectivity index (χ2v) is 4.69. The maximum atomic E-state index is 14.1. The summed E-state index contributed by atoms with van der Waals surface area (Å²) >= 11 is 0. The minimum absolute atomic E-state index is 0.0464. The van der Waals surface area contributed by atoms with Gasteiger partial charge in [-0.2, -0.15) is 0 Å². The van der Waals surface area contributed by atoms with Gasteiger partial charge < -0.3 is 5.32 Å². The third-order valence-corrected chi connectivity index (χ3v) is 3.39. The van der Waals surface area contributed by atoms with Crippen molar-refractivity contribution in [3.05, 3.63) is 59.2 Å². The molecule has 1 nitrogen and oxygen atoms in total. The number of hydrogen-bond donors (Lipinski definition) is 1. The van der Waals surface area contributed by atoms with Crippen molar-refractivity contribution in [2.24, 2.45) is 0 Å². The summed E-state index contributed by atoms with van der Waals surface area (Å²) in [6.07, 6.45) is 0. The van der Waals surface area contributed by atoms with Crippen LogP contribution in [-0.4, -0.2) is 7.05 Å². The van der Waals surface area contributed by atoms with Gasteiger partial charge in [0.05, 0.1) is 5.56 Å². The van der Waals surface area contributed by atoms with Gasteiger partial charge in [-0.1, -0.05) is 24.3 Å². The van der Waals surface area contributed by atoms with Crippen LogP contribution in [0.25, 0.3) is 11.1 Å². The standard InChI is InChI=1S/C16H17F2N/c1-10-7-8-14(17)15(16(10)18)13-6-4-5-12(9-13)11(2)19-3/h4-9,11,19H,1-3H3. The van der Waals surface area contributed by atoms with E-state index in [1.165, 1.54) is 12.1 Å². The van der Waals surface area contributed by atoms with Crippen LogP contribution in [0.1, 0.15) is 24.1 Å². The fourth-order valence-electron chi connectivity index (χ4n) is 2.05. The topological polar surface area (TPSA) is 12.0 Å². The number of benzene rings is 2. The smallest absolute Gasteiger partial charge is 0.136 e. The average Bonchev–Trinajstić information content (AvgIpc) is 2.43. The number of hydrogen-bond acceptors (Lipinski definition) is 1. The molecule has 1 N–H and O–H groups in total. The van der Waals surface area contributed by atoms with Crippen LogP contribution in [0.4, 0.5) is 8.78 Å². The van der Waals surface area contributed by atoms with Crippen LogP contribution in [0.15, 0.2) is 36.4 Å². The van der Waals surface area contributed by atoms with Crippen LogP contribution >= 0.6 is 0 Å². The maximum absolute atomic E-state index is 14.1. The maximum Gasteiger partial charge on any atom is 0.136 e. The number of halogens is 2. The Morgan fingerprint density at radius 2 is 1.84 bits per heavy atom. The van der Waals surface area contributed by atoms with Gasteiger partial charge in [0.25, 0.3) is 0 Å². The van der Waals surface area contributed by atoms with Crippen molar-refractivity contribution in [3.8, 4) is 11.1 Å². The molecule has 0 aromatic heterocycles. The van der Waals surface area contributed by atoms with Gasteiger partial charge >= 0.3 is 0 Å². The largest absolute Gasteiger partial charge is 0.313 e. The first-order valence-electron chi connectivity index (χ1n) is 6.26. The van der Waals surface area contributed by atoms with Crippen molar-refractivity contribution in [2.75, 3.05) is 7.05 Å². The summed E-state index contributed by atoms with van der Waals surface area (Å²) in [6, 6.07) is 10.2. The van der Waals surface area contributed by atoms with Crippen molar-refractivity contribution < 1.29 is 8.78 Å². The summed E-state index contributed by atoms with van der Waals surface area (Å²) in [6.45, 7) is 3.64. The monoisotopic (exact) mass is 261 g/mol. The summed E-state index contributed by atoms with van der Waals surface area (Å²) in [5, 5.41) is 3.11. The van der Waals surface area contributed by atoms with E-state index in [0.29, 0.717) is 11.1 Å². The summed E-state index contributed by atoms with van der Waals surface area (Å²) in [4.78, 5) is 0. The normalized spacial score (nSPS) is 12.5. The van der Waals surface area contributed by atoms with E-state index in [9.17, 15) is 8.78 Å². The third kappa shape index (κ3) is 2.66. The molecule has 100 valence electrons. The minimum Gasteiger partial charge on any atom is -0.313 e. The Balaban J connectivity index is 2.57. The SMILES string of the molecule is CNC(C)c1cccc(-c2c(F)ccc(C)c2F)c1. The van der Waals surface area contributed by atoms with E-state index in [1.807, 2.05) is 32.2 Å². The van der Waals surface area contributed by atoms with Crippen molar-refractivity contribution in [1.29, 1.82) is 0 Å². The van der Waals surface area contributed by atoms with Crippen LogP contribution in [0.3, 0.4) is 0 Å². The van der Waals surface area contributed by atoms with Gasteiger partial charge in [0.1, 0.15) is 11.6 Å². The van der Waals surface area contributed by atoms with E-state index >= 15 is 0 Å². The molecular weight excluding hydrogens is 244 g/mol. The van der Waals surface area contributed by atoms with Gasteiger partial charge in [-0.15, -0.1) is 0 Å². The Kier molecular flexibility index (Phi) is 3.96. The van der Waals surface area contributed by atoms with Crippen LogP contribution in [0.2, 0.25) is 0 Å². The van der Waals surface area contributed by atoms with Gasteiger partial charge in [0, 0.05) is 6.04 Å². The second-order valence-electron chi connectivity index (χ2n) is 4.69. The lowest BCUT2D eigenvalue weighted by molar-refractivity contribution is 0.583. The molecule has 3 heteroatoms. The quantitative estimate of drug-likeness (QED) is 0.872. The van der Waals surface area contributed by atoms with Crippen molar-refractivity contribution in [1.82, 2.24) is 5.32 Å². The zero-order valence-corrected chi connectivity index (χ0v) is 11.3. The molecule has 1 atom stereocenters. The van der Waals surface area contributed by atoms with Crippen LogP contribution in [0, 0.1) is 18.6 Å². The lowest BCUT2D eigenvalue weighted by atomic mass is 9.98. The molecule has 0 saturated carbocycles. The van der Waals surface area contributed by atoms with Gasteiger partial charge in [-0.25, -0.2) is 8.78 Å². The molecule has 0 heterocycles. The first-order chi connectivity index (χ1) is 9.04. The van der Waals surface area contributed by atoms with E-state index in [4.69, 9.17) is 0 Å². The molecule has 0 fully saturated rings. The first kappa shape index (κ1) is 13.7. The summed E-state index contributed by atoms with van der Waals surface area (Å²) in [5.74, 6) is -1.02. The Hall–Kier alpha value is -1.74. The predicted octanol–water partition coefficient (Wildman–Crippen LogP) is 4.22. The van der Waals surface area contributed by atoms with E-state index in [2.05, 4.69) is 5.32 Å². The molecule has 19 heavy (non-hydrogen) atoms. The Morgan fingerprint density at radius 3 is 2.53 bits per heavy atom. The van der Waals surface area contributed by atoms with Gasteiger partial charge in [-0.05, 0) is 49.7 Å². The summed E-state index contributed by atoms with van der Waals surface area (Å²) in [5.41, 5.74) is 2.06. The van der Waals surface area contributed by atoms with Crippen LogP contribution in [0.5, 0.6) is 0 Å². The van der Waals surface area contributed by atoms with Gasteiger partial charge in [-0.3, -0.25) is 0 Å². The highest BCUT2D eigenvalue weighted by Crippen LogP contribution is 2.29. The fourth-order valence-corrected chi connectivity index (χ4v) is 2.05. The zero-order valence-electron chi connectivity index (χ0n) is 11.3. The number of aryl methyl sites for hydroxylation is 1. The fraction of sp³-hybridized carbons (Fsp3) is 0.250. The lowest BCUT2D eigenvalue weighted by Gasteiger charge is -2.13. The predicted molar refractivity (Wildman–Crippen MR) is 74.0 cm³/mol. The Morgan fingerprint density at radius 1 is 1.11 bits per heavy atom. The number of nitrogens with one attached hydrogen (secondary N) is 1. The molecule has 0 amide bonds. The Labute approximate surface area is 112 Å². The second kappa shape index (κ2) is 5.49. The molecule has 2 aromatic rings. The van der Waals surface area contributed by atoms with Gasteiger partial charge in [0.15, 0.2) is 0 Å². The molecule has 0 spiro atoms. The molecule has 0 bridgehead atoms. The molecule has 0 aliphatic carbocycles. The minimum atomic E-state index is -0.530. The molecule has 2 rings (SSSR count). The zero-order chi connectivity index (χ0) is 14.0. The van der Waals surface area contributed by atoms with E-state index < -0.39 is 11.6 Å². The van der Waals surface area contributed by atoms with E-state index in [0.717, 1.165) is 5.56 Å². The first-order valence-corrected chi connectivity index (χ1v) is 6.26. The molecule has 1 unspecified atom stereocenters. The van der Waals surface area contributed by atoms with Crippen LogP contribution < -0.4 is 5.32 Å². The highest BCUT2D eigenvalue weighted by Gasteiger charge is 2.14. The molecule has 0 aliphatic heterocycles. The molecule has 2 aromatic carbocycles. The average molecular weight is 261 g/mol. The molecule has 0 radical (unpaired) electrons. The van der Waals surface area contributed by atoms with E-state index in [-0.39, 0.29) is 11.6 Å². The highest BCUT2D eigenvalue weighted by molar-refractivity contribution is 5.66. The summed E-state index contributed by atoms with van der Waals surface area (Å²) in [7, 11) is 1.85. The molecule has 0 aliphatic rings. The lowest BCUT2D eigenvalue weighted by Crippen LogP contribution is -2.12. The Bertz CT molecular complexity index is 593. The van der Waals surface area contributed by atoms with Crippen LogP contribution in [-0.2, 0) is 0 Å². The summed E-state index contributed by atoms with van der Waals surface area (Å²) < 4.78 is 28.0. The third-order valence-electron chi connectivity index (χ3n) is 3.39. The number of rotatable bonds is 3. The molecular formula is C16H17F2N. The van der Waals surface area contributed by atoms with Gasteiger partial charge in [0.2, 0.25) is 0 Å².